The van der Waals surface area contributed by atoms with E-state index in [1.165, 1.54) is 6.42 Å². The molecule has 0 aromatic heterocycles. The molecule has 6 heteroatoms. The highest BCUT2D eigenvalue weighted by Crippen LogP contribution is 2.44. The molecule has 6 nitrogen and oxygen atoms in total. The Morgan fingerprint density at radius 2 is 1.58 bits per heavy atom. The summed E-state index contributed by atoms with van der Waals surface area (Å²) in [7, 11) is 2.19. The number of rotatable bonds is 3. The first-order chi connectivity index (χ1) is 11.2. The van der Waals surface area contributed by atoms with Gasteiger partial charge in [-0.15, -0.1) is 0 Å². The van der Waals surface area contributed by atoms with Crippen molar-refractivity contribution in [3.63, 3.8) is 0 Å². The summed E-state index contributed by atoms with van der Waals surface area (Å²) in [6.07, 6.45) is 2.77. The zero-order valence-corrected chi connectivity index (χ0v) is 15.4. The van der Waals surface area contributed by atoms with E-state index in [0.29, 0.717) is 6.54 Å². The number of amides is 2. The van der Waals surface area contributed by atoms with Crippen molar-refractivity contribution in [2.45, 2.75) is 33.1 Å². The van der Waals surface area contributed by atoms with Crippen LogP contribution in [-0.2, 0) is 9.59 Å². The zero-order valence-electron chi connectivity index (χ0n) is 15.4. The number of nitrogens with zero attached hydrogens (tertiary/aromatic N) is 3. The minimum Gasteiger partial charge on any atom is -0.369 e. The summed E-state index contributed by atoms with van der Waals surface area (Å²) in [5.74, 6) is 0.0306. The third kappa shape index (κ3) is 3.75. The molecule has 3 aliphatic rings. The monoisotopic (exact) mass is 336 g/mol. The van der Waals surface area contributed by atoms with Gasteiger partial charge in [0, 0.05) is 32.1 Å². The standard InChI is InChI=1S/C18H32N4O2/c1-17-9-18(2,11-20(3)10-17)13-22(12-17)15(23)8-21-6-4-14(5-7-21)16(19)24/h14H,4-13H2,1-3H3,(H2,19,24). The summed E-state index contributed by atoms with van der Waals surface area (Å²) in [6, 6.07) is 0. The van der Waals surface area contributed by atoms with Crippen LogP contribution in [0.5, 0.6) is 0 Å². The van der Waals surface area contributed by atoms with Crippen molar-refractivity contribution in [3.05, 3.63) is 0 Å². The molecule has 2 atom stereocenters. The topological polar surface area (TPSA) is 69.9 Å². The third-order valence-electron chi connectivity index (χ3n) is 6.00. The molecule has 3 aliphatic heterocycles. The summed E-state index contributed by atoms with van der Waals surface area (Å²) in [5.41, 5.74) is 5.79. The lowest BCUT2D eigenvalue weighted by atomic mass is 9.65. The van der Waals surface area contributed by atoms with Crippen LogP contribution in [0.3, 0.4) is 0 Å². The van der Waals surface area contributed by atoms with E-state index in [0.717, 1.165) is 52.1 Å². The number of likely N-dealkylation sites (tertiary alicyclic amines) is 3. The van der Waals surface area contributed by atoms with Gasteiger partial charge in [-0.05, 0) is 50.2 Å². The molecule has 0 saturated carbocycles. The molecule has 3 saturated heterocycles. The Bertz CT molecular complexity index is 497. The highest BCUT2D eigenvalue weighted by atomic mass is 16.2. The van der Waals surface area contributed by atoms with Crippen LogP contribution in [0.1, 0.15) is 33.1 Å². The maximum Gasteiger partial charge on any atom is 0.236 e. The Balaban J connectivity index is 1.57. The molecule has 2 N–H and O–H groups in total. The van der Waals surface area contributed by atoms with E-state index in [1.807, 2.05) is 0 Å². The maximum absolute atomic E-state index is 12.9. The van der Waals surface area contributed by atoms with Crippen molar-refractivity contribution >= 4 is 11.8 Å². The molecular weight excluding hydrogens is 304 g/mol. The van der Waals surface area contributed by atoms with Crippen molar-refractivity contribution in [2.24, 2.45) is 22.5 Å². The molecule has 0 aromatic carbocycles. The number of piperidine rings is 3. The van der Waals surface area contributed by atoms with Crippen LogP contribution in [0.4, 0.5) is 0 Å². The van der Waals surface area contributed by atoms with Crippen LogP contribution >= 0.6 is 0 Å². The molecule has 0 aliphatic carbocycles. The average molecular weight is 336 g/mol. The first-order valence-corrected chi connectivity index (χ1v) is 9.16. The largest absolute Gasteiger partial charge is 0.369 e. The van der Waals surface area contributed by atoms with E-state index in [2.05, 4.69) is 35.6 Å². The van der Waals surface area contributed by atoms with Crippen LogP contribution < -0.4 is 5.73 Å². The number of carbonyl (C=O) groups is 2. The van der Waals surface area contributed by atoms with E-state index < -0.39 is 0 Å². The third-order valence-corrected chi connectivity index (χ3v) is 6.00. The summed E-state index contributed by atoms with van der Waals surface area (Å²) >= 11 is 0. The fourth-order valence-electron chi connectivity index (χ4n) is 5.53. The van der Waals surface area contributed by atoms with Crippen LogP contribution in [-0.4, -0.2) is 79.4 Å². The Morgan fingerprint density at radius 3 is 2.08 bits per heavy atom. The lowest BCUT2D eigenvalue weighted by molar-refractivity contribution is -0.145. The first kappa shape index (κ1) is 17.7. The summed E-state index contributed by atoms with van der Waals surface area (Å²) in [6.45, 7) is 10.6. The lowest BCUT2D eigenvalue weighted by Crippen LogP contribution is -2.63. The Morgan fingerprint density at radius 1 is 1.04 bits per heavy atom. The number of primary amides is 1. The minimum absolute atomic E-state index is 0.0148. The van der Waals surface area contributed by atoms with Gasteiger partial charge >= 0.3 is 0 Å². The van der Waals surface area contributed by atoms with Crippen molar-refractivity contribution < 1.29 is 9.59 Å². The van der Waals surface area contributed by atoms with Crippen LogP contribution in [0, 0.1) is 16.7 Å². The van der Waals surface area contributed by atoms with Gasteiger partial charge in [0.1, 0.15) is 0 Å². The van der Waals surface area contributed by atoms with Gasteiger partial charge < -0.3 is 15.5 Å². The molecule has 0 spiro atoms. The van der Waals surface area contributed by atoms with Crippen molar-refractivity contribution in [1.29, 1.82) is 0 Å². The van der Waals surface area contributed by atoms with Crippen molar-refractivity contribution in [2.75, 3.05) is 52.9 Å². The lowest BCUT2D eigenvalue weighted by Gasteiger charge is -2.56. The van der Waals surface area contributed by atoms with Gasteiger partial charge in [-0.2, -0.15) is 0 Å². The van der Waals surface area contributed by atoms with E-state index in [-0.39, 0.29) is 28.6 Å². The number of hydrogen-bond acceptors (Lipinski definition) is 4. The van der Waals surface area contributed by atoms with E-state index in [4.69, 9.17) is 5.73 Å². The fourth-order valence-corrected chi connectivity index (χ4v) is 5.53. The van der Waals surface area contributed by atoms with Crippen molar-refractivity contribution in [1.82, 2.24) is 14.7 Å². The van der Waals surface area contributed by atoms with E-state index >= 15 is 0 Å². The second-order valence-electron chi connectivity index (χ2n) is 9.17. The molecule has 3 rings (SSSR count). The van der Waals surface area contributed by atoms with Gasteiger partial charge in [-0.25, -0.2) is 0 Å². The Kier molecular flexibility index (Phi) is 4.64. The molecule has 24 heavy (non-hydrogen) atoms. The SMILES string of the molecule is CN1CC2(C)CN(C(=O)CN3CCC(C(N)=O)CC3)CC(C)(C1)C2. The van der Waals surface area contributed by atoms with Gasteiger partial charge in [-0.3, -0.25) is 14.5 Å². The van der Waals surface area contributed by atoms with Crippen LogP contribution in [0.25, 0.3) is 0 Å². The maximum atomic E-state index is 12.9. The molecule has 3 fully saturated rings. The molecule has 2 bridgehead atoms. The molecule has 0 aromatic rings. The second-order valence-corrected chi connectivity index (χ2v) is 9.17. The fraction of sp³-hybridized carbons (Fsp3) is 0.889. The van der Waals surface area contributed by atoms with Gasteiger partial charge in [-0.1, -0.05) is 13.8 Å². The van der Waals surface area contributed by atoms with Gasteiger partial charge in [0.2, 0.25) is 11.8 Å². The molecule has 2 amide bonds. The number of nitrogens with two attached hydrogens (primary N) is 1. The van der Waals surface area contributed by atoms with Gasteiger partial charge in [0.15, 0.2) is 0 Å². The summed E-state index contributed by atoms with van der Waals surface area (Å²) in [5, 5.41) is 0. The molecule has 0 radical (unpaired) electrons. The predicted octanol–water partition coefficient (Wildman–Crippen LogP) is 0.374. The smallest absolute Gasteiger partial charge is 0.236 e. The molecule has 136 valence electrons. The normalized spacial score (nSPS) is 35.9. The van der Waals surface area contributed by atoms with Crippen LogP contribution in [0.15, 0.2) is 0 Å². The highest BCUT2D eigenvalue weighted by molar-refractivity contribution is 5.79. The summed E-state index contributed by atoms with van der Waals surface area (Å²) < 4.78 is 0. The predicted molar refractivity (Wildman–Crippen MR) is 93.3 cm³/mol. The van der Waals surface area contributed by atoms with Crippen LogP contribution in [0.2, 0.25) is 0 Å². The zero-order chi connectivity index (χ0) is 17.5. The summed E-state index contributed by atoms with van der Waals surface area (Å²) in [4.78, 5) is 30.8. The van der Waals surface area contributed by atoms with E-state index in [1.54, 1.807) is 0 Å². The Labute approximate surface area is 145 Å². The van der Waals surface area contributed by atoms with Gasteiger partial charge in [0.05, 0.1) is 6.54 Å². The minimum atomic E-state index is -0.199. The van der Waals surface area contributed by atoms with E-state index in [9.17, 15) is 9.59 Å². The highest BCUT2D eigenvalue weighted by Gasteiger charge is 2.48. The number of hydrogen-bond donors (Lipinski definition) is 1. The second kappa shape index (κ2) is 6.30. The number of carbonyl (C=O) groups excluding carboxylic acids is 2. The van der Waals surface area contributed by atoms with Crippen molar-refractivity contribution in [3.8, 4) is 0 Å². The quantitative estimate of drug-likeness (QED) is 0.809. The van der Waals surface area contributed by atoms with Gasteiger partial charge in [0.25, 0.3) is 0 Å². The first-order valence-electron chi connectivity index (χ1n) is 9.16. The average Bonchev–Trinajstić information content (AvgIpc) is 2.44. The molecule has 2 unspecified atom stereocenters. The molecular formula is C18H32N4O2. The number of fused-ring (bicyclic) bond motifs is 2. The Hall–Kier alpha value is -1.14. The molecule has 3 heterocycles.